The second-order valence-electron chi connectivity index (χ2n) is 10.8. The highest BCUT2D eigenvalue weighted by Crippen LogP contribution is 2.38. The van der Waals surface area contributed by atoms with Crippen LogP contribution in [0.15, 0.2) is 77.8 Å². The summed E-state index contributed by atoms with van der Waals surface area (Å²) in [6, 6.07) is 18.3. The molecule has 0 saturated heterocycles. The predicted octanol–water partition coefficient (Wildman–Crippen LogP) is 4.65. The van der Waals surface area contributed by atoms with E-state index >= 15 is 0 Å². The summed E-state index contributed by atoms with van der Waals surface area (Å²) in [5.41, 5.74) is 17.4. The number of carboxylic acids is 1. The Morgan fingerprint density at radius 3 is 2.36 bits per heavy atom. The first-order chi connectivity index (χ1) is 24.0. The van der Waals surface area contributed by atoms with E-state index < -0.39 is 18.0 Å². The lowest BCUT2D eigenvalue weighted by molar-refractivity contribution is -0.147. The van der Waals surface area contributed by atoms with Crippen molar-refractivity contribution in [1.29, 1.82) is 5.41 Å². The predicted molar refractivity (Wildman–Crippen MR) is 183 cm³/mol. The number of nitrogens with two attached hydrogens (primary N) is 3. The number of guanidine groups is 1. The third-order valence-corrected chi connectivity index (χ3v) is 7.19. The van der Waals surface area contributed by atoms with Gasteiger partial charge in [0, 0.05) is 12.1 Å². The number of carbonyl (C=O) groups excluding carboxylic acids is 1. The summed E-state index contributed by atoms with van der Waals surface area (Å²) in [5, 5.41) is 17.5. The fraction of sp³-hybridized carbons (Fsp3) is 0.206. The van der Waals surface area contributed by atoms with Crippen molar-refractivity contribution in [1.82, 2.24) is 19.5 Å². The number of ether oxygens (including phenoxy) is 4. The number of nitrogens with zero attached hydrogens (tertiary/aromatic N) is 5. The summed E-state index contributed by atoms with van der Waals surface area (Å²) in [5.74, 6) is -0.662. The molecule has 5 aromatic rings. The molecule has 0 fully saturated rings. The number of imidazole rings is 1. The Morgan fingerprint density at radius 1 is 0.900 bits per heavy atom. The first-order valence-electron chi connectivity index (χ1n) is 15.4. The van der Waals surface area contributed by atoms with Crippen LogP contribution in [0.2, 0.25) is 0 Å². The van der Waals surface area contributed by atoms with Crippen molar-refractivity contribution in [2.24, 2.45) is 22.2 Å². The monoisotopic (exact) mass is 681 g/mol. The number of carbonyl (C=O) groups is 2. The number of nitrogens with one attached hydrogen (secondary N) is 1. The topological polar surface area (TPSA) is 249 Å². The van der Waals surface area contributed by atoms with Crippen molar-refractivity contribution in [3.8, 4) is 34.9 Å². The van der Waals surface area contributed by atoms with Crippen molar-refractivity contribution >= 4 is 34.9 Å². The zero-order valence-corrected chi connectivity index (χ0v) is 27.2. The molecule has 0 saturated carbocycles. The summed E-state index contributed by atoms with van der Waals surface area (Å²) in [6.07, 6.45) is 0.674. The Bertz CT molecular complexity index is 2060. The van der Waals surface area contributed by atoms with Gasteiger partial charge in [-0.2, -0.15) is 9.97 Å². The van der Waals surface area contributed by atoms with Gasteiger partial charge in [-0.1, -0.05) is 24.3 Å². The number of aryl methyl sites for hydroxylation is 1. The van der Waals surface area contributed by atoms with E-state index in [0.717, 1.165) is 0 Å². The number of para-hydroxylation sites is 1. The average molecular weight is 682 g/mol. The van der Waals surface area contributed by atoms with E-state index in [9.17, 15) is 14.7 Å². The van der Waals surface area contributed by atoms with E-state index in [1.807, 2.05) is 6.07 Å². The van der Waals surface area contributed by atoms with Crippen molar-refractivity contribution in [2.75, 3.05) is 13.2 Å². The zero-order valence-electron chi connectivity index (χ0n) is 27.2. The van der Waals surface area contributed by atoms with Crippen LogP contribution in [0.1, 0.15) is 47.6 Å². The van der Waals surface area contributed by atoms with E-state index in [0.29, 0.717) is 23.6 Å². The molecule has 0 aliphatic heterocycles. The van der Waals surface area contributed by atoms with E-state index in [-0.39, 0.29) is 77.2 Å². The normalized spacial score (nSPS) is 11.4. The maximum Gasteiger partial charge on any atom is 0.335 e. The molecule has 0 aliphatic rings. The molecule has 0 spiro atoms. The molecule has 3 aromatic carbocycles. The van der Waals surface area contributed by atoms with Gasteiger partial charge in [0.2, 0.25) is 0 Å². The average Bonchev–Trinajstić information content (AvgIpc) is 3.41. The van der Waals surface area contributed by atoms with Gasteiger partial charge >= 0.3 is 17.9 Å². The Hall–Kier alpha value is -6.71. The Kier molecular flexibility index (Phi) is 10.7. The van der Waals surface area contributed by atoms with Crippen molar-refractivity contribution in [3.63, 3.8) is 0 Å². The summed E-state index contributed by atoms with van der Waals surface area (Å²) in [4.78, 5) is 42.9. The number of hydrogen-bond donors (Lipinski definition) is 5. The van der Waals surface area contributed by atoms with Crippen LogP contribution in [0, 0.1) is 12.3 Å². The molecule has 2 aromatic heterocycles. The lowest BCUT2D eigenvalue weighted by Crippen LogP contribution is -2.25. The van der Waals surface area contributed by atoms with Gasteiger partial charge in [0.05, 0.1) is 12.2 Å². The minimum atomic E-state index is -1.15. The molecule has 1 unspecified atom stereocenters. The number of aliphatic imine (C=N–C) groups is 1. The number of amidine groups is 1. The summed E-state index contributed by atoms with van der Waals surface area (Å²) in [7, 11) is 0. The zero-order chi connectivity index (χ0) is 35.8. The molecular weight excluding hydrogens is 646 g/mol. The Morgan fingerprint density at radius 2 is 1.66 bits per heavy atom. The number of nitrogen functional groups attached to an aromatic ring is 1. The molecule has 258 valence electrons. The van der Waals surface area contributed by atoms with Crippen molar-refractivity contribution in [3.05, 3.63) is 89.7 Å². The standard InChI is InChI=1S/C34H35N9O7/c1-3-47-32(46)24(13-8-16-39-33(37)38)43-19(2)40-27-29(43)41-34(42-30(27)49-23-12-7-9-21(17-23)31(44)45)50-26-18-20(28(35)36)14-15-25(26)48-22-10-5-4-6-11-22/h4-7,9-12,14-15,17-18,24H,3,8,13,16H2,1-2H3,(H3,35,36)(H,44,45)(H4,37,38,39). The molecular formula is C34H35N9O7. The molecule has 0 radical (unpaired) electrons. The summed E-state index contributed by atoms with van der Waals surface area (Å²) < 4.78 is 25.4. The molecule has 50 heavy (non-hydrogen) atoms. The molecule has 2 heterocycles. The van der Waals surface area contributed by atoms with E-state index in [1.54, 1.807) is 60.9 Å². The largest absolute Gasteiger partial charge is 0.478 e. The maximum atomic E-state index is 13.4. The first kappa shape index (κ1) is 34.6. The number of hydrogen-bond acceptors (Lipinski definition) is 11. The number of aromatic carboxylic acids is 1. The van der Waals surface area contributed by atoms with E-state index in [4.69, 9.17) is 41.6 Å². The van der Waals surface area contributed by atoms with Crippen LogP contribution in [0.3, 0.4) is 0 Å². The quantitative estimate of drug-likeness (QED) is 0.0437. The lowest BCUT2D eigenvalue weighted by Gasteiger charge is -2.19. The Balaban J connectivity index is 1.66. The van der Waals surface area contributed by atoms with Crippen LogP contribution in [-0.2, 0) is 9.53 Å². The van der Waals surface area contributed by atoms with Gasteiger partial charge in [-0.3, -0.25) is 15.0 Å². The van der Waals surface area contributed by atoms with E-state index in [2.05, 4.69) is 19.9 Å². The minimum absolute atomic E-state index is 0.0158. The molecule has 16 heteroatoms. The van der Waals surface area contributed by atoms with Crippen LogP contribution in [0.5, 0.6) is 34.9 Å². The fourth-order valence-electron chi connectivity index (χ4n) is 4.97. The maximum absolute atomic E-state index is 13.4. The van der Waals surface area contributed by atoms with Crippen molar-refractivity contribution in [2.45, 2.75) is 32.7 Å². The summed E-state index contributed by atoms with van der Waals surface area (Å²) >= 11 is 0. The second kappa shape index (κ2) is 15.5. The van der Waals surface area contributed by atoms with Crippen LogP contribution < -0.4 is 31.4 Å². The van der Waals surface area contributed by atoms with Gasteiger partial charge in [0.25, 0.3) is 5.88 Å². The molecule has 5 rings (SSSR count). The lowest BCUT2D eigenvalue weighted by atomic mass is 10.1. The van der Waals surface area contributed by atoms with E-state index in [1.165, 1.54) is 24.3 Å². The van der Waals surface area contributed by atoms with Gasteiger partial charge in [0.1, 0.15) is 29.2 Å². The van der Waals surface area contributed by atoms with Crippen LogP contribution in [-0.4, -0.2) is 61.5 Å². The number of rotatable bonds is 15. The molecule has 0 aliphatic carbocycles. The third kappa shape index (κ3) is 8.22. The second-order valence-corrected chi connectivity index (χ2v) is 10.8. The van der Waals surface area contributed by atoms with Gasteiger partial charge in [-0.05, 0) is 75.2 Å². The van der Waals surface area contributed by atoms with Crippen LogP contribution in [0.4, 0.5) is 0 Å². The third-order valence-electron chi connectivity index (χ3n) is 7.19. The number of carboxylic acid groups (broad SMARTS) is 1. The first-order valence-corrected chi connectivity index (χ1v) is 15.4. The van der Waals surface area contributed by atoms with Crippen molar-refractivity contribution < 1.29 is 33.6 Å². The molecule has 0 bridgehead atoms. The van der Waals surface area contributed by atoms with Gasteiger partial charge in [-0.15, -0.1) is 0 Å². The number of benzene rings is 3. The fourth-order valence-corrected chi connectivity index (χ4v) is 4.97. The Labute approximate surface area is 286 Å². The highest BCUT2D eigenvalue weighted by atomic mass is 16.5. The SMILES string of the molecule is CCOC(=O)C(CCCN=C(N)N)n1c(C)nc2c(Oc3cccc(C(=O)O)c3)nc(Oc3cc(C(=N)N)ccc3Oc3ccccc3)nc21. The number of esters is 1. The number of fused-ring (bicyclic) bond motifs is 1. The smallest absolute Gasteiger partial charge is 0.335 e. The number of aromatic nitrogens is 4. The highest BCUT2D eigenvalue weighted by Gasteiger charge is 2.29. The van der Waals surface area contributed by atoms with Crippen LogP contribution >= 0.6 is 0 Å². The highest BCUT2D eigenvalue weighted by molar-refractivity contribution is 5.95. The molecule has 16 nitrogen and oxygen atoms in total. The van der Waals surface area contributed by atoms with Gasteiger partial charge in [0.15, 0.2) is 28.6 Å². The van der Waals surface area contributed by atoms with Crippen LogP contribution in [0.25, 0.3) is 11.2 Å². The summed E-state index contributed by atoms with van der Waals surface area (Å²) in [6.45, 7) is 3.77. The van der Waals surface area contributed by atoms with Gasteiger partial charge in [-0.25, -0.2) is 14.6 Å². The molecule has 8 N–H and O–H groups in total. The van der Waals surface area contributed by atoms with Gasteiger partial charge < -0.3 is 41.3 Å². The molecule has 1 atom stereocenters. The minimum Gasteiger partial charge on any atom is -0.478 e. The molecule has 0 amide bonds.